The highest BCUT2D eigenvalue weighted by Gasteiger charge is 2.28. The van der Waals surface area contributed by atoms with Gasteiger partial charge in [0.2, 0.25) is 6.49 Å². The Hall–Kier alpha value is -0.970. The van der Waals surface area contributed by atoms with E-state index in [2.05, 4.69) is 5.09 Å². The van der Waals surface area contributed by atoms with Gasteiger partial charge in [-0.25, -0.2) is 5.09 Å². The molecule has 0 bridgehead atoms. The molecule has 1 aromatic carbocycles. The summed E-state index contributed by atoms with van der Waals surface area (Å²) in [7, 11) is 0. The van der Waals surface area contributed by atoms with Gasteiger partial charge in [0.1, 0.15) is 11.8 Å². The van der Waals surface area contributed by atoms with E-state index in [1.807, 2.05) is 18.2 Å². The van der Waals surface area contributed by atoms with Gasteiger partial charge in [-0.3, -0.25) is 9.36 Å². The highest BCUT2D eigenvalue weighted by Crippen LogP contribution is 2.53. The molecular formula is C14H22NO4PS. The molecule has 7 heteroatoms. The lowest BCUT2D eigenvalue weighted by Crippen LogP contribution is -2.35. The van der Waals surface area contributed by atoms with Crippen molar-refractivity contribution in [1.29, 1.82) is 0 Å². The van der Waals surface area contributed by atoms with E-state index >= 15 is 0 Å². The average Bonchev–Trinajstić information content (AvgIpc) is 2.45. The summed E-state index contributed by atoms with van der Waals surface area (Å²) in [6.07, 6.45) is 1.54. The fraction of sp³-hybridized carbons (Fsp3) is 0.500. The van der Waals surface area contributed by atoms with Crippen molar-refractivity contribution in [2.75, 3.05) is 12.6 Å². The number of hydrogen-bond donors (Lipinski definition) is 1. The minimum Gasteiger partial charge on any atom is -0.484 e. The van der Waals surface area contributed by atoms with Gasteiger partial charge >= 0.3 is 5.97 Å². The SMILES string of the molecule is CSP(=O)(COc1ccccc1)NC(C)C(=O)OC(C)C. The molecule has 0 aromatic heterocycles. The first-order valence-corrected chi connectivity index (χ1v) is 10.4. The lowest BCUT2D eigenvalue weighted by atomic mass is 10.3. The number of esters is 1. The van der Waals surface area contributed by atoms with E-state index < -0.39 is 18.5 Å². The highest BCUT2D eigenvalue weighted by molar-refractivity contribution is 8.57. The largest absolute Gasteiger partial charge is 0.484 e. The fourth-order valence-corrected chi connectivity index (χ4v) is 4.07. The summed E-state index contributed by atoms with van der Waals surface area (Å²) in [6, 6.07) is 8.50. The summed E-state index contributed by atoms with van der Waals surface area (Å²) in [5.74, 6) is 0.227. The summed E-state index contributed by atoms with van der Waals surface area (Å²) in [6.45, 7) is 2.31. The normalized spacial score (nSPS) is 15.3. The second-order valence-electron chi connectivity index (χ2n) is 4.78. The van der Waals surface area contributed by atoms with Crippen LogP contribution >= 0.6 is 17.9 Å². The zero-order valence-electron chi connectivity index (χ0n) is 12.7. The zero-order valence-corrected chi connectivity index (χ0v) is 14.4. The molecule has 1 aromatic rings. The first-order valence-electron chi connectivity index (χ1n) is 6.67. The van der Waals surface area contributed by atoms with Gasteiger partial charge < -0.3 is 9.47 Å². The van der Waals surface area contributed by atoms with Crippen molar-refractivity contribution in [1.82, 2.24) is 5.09 Å². The second kappa shape index (κ2) is 8.47. The van der Waals surface area contributed by atoms with E-state index in [0.29, 0.717) is 5.75 Å². The molecule has 118 valence electrons. The molecular weight excluding hydrogens is 309 g/mol. The summed E-state index contributed by atoms with van der Waals surface area (Å²) >= 11 is 1.17. The second-order valence-corrected chi connectivity index (χ2v) is 9.87. The Bertz CT molecular complexity index is 495. The van der Waals surface area contributed by atoms with Crippen molar-refractivity contribution in [3.8, 4) is 5.75 Å². The van der Waals surface area contributed by atoms with Gasteiger partial charge in [0, 0.05) is 0 Å². The minimum absolute atomic E-state index is 0.0114. The maximum Gasteiger partial charge on any atom is 0.323 e. The number of carbonyl (C=O) groups excluding carboxylic acids is 1. The first-order chi connectivity index (χ1) is 9.86. The molecule has 2 unspecified atom stereocenters. The minimum atomic E-state index is -2.88. The first kappa shape index (κ1) is 18.1. The van der Waals surface area contributed by atoms with Crippen LogP contribution in [-0.2, 0) is 14.1 Å². The van der Waals surface area contributed by atoms with Crippen LogP contribution in [0.3, 0.4) is 0 Å². The number of rotatable bonds is 8. The van der Waals surface area contributed by atoms with E-state index in [-0.39, 0.29) is 12.5 Å². The number of benzene rings is 1. The van der Waals surface area contributed by atoms with Crippen molar-refractivity contribution in [3.63, 3.8) is 0 Å². The number of ether oxygens (including phenoxy) is 2. The Morgan fingerprint density at radius 3 is 2.43 bits per heavy atom. The van der Waals surface area contributed by atoms with Crippen LogP contribution in [0.2, 0.25) is 0 Å². The van der Waals surface area contributed by atoms with Crippen LogP contribution in [0.5, 0.6) is 5.75 Å². The molecule has 0 saturated carbocycles. The average molecular weight is 331 g/mol. The van der Waals surface area contributed by atoms with Gasteiger partial charge in [0.15, 0.2) is 6.35 Å². The third-order valence-electron chi connectivity index (χ3n) is 2.54. The van der Waals surface area contributed by atoms with Gasteiger partial charge in [-0.2, -0.15) is 0 Å². The van der Waals surface area contributed by atoms with E-state index in [1.54, 1.807) is 39.2 Å². The van der Waals surface area contributed by atoms with Crippen molar-refractivity contribution in [3.05, 3.63) is 30.3 Å². The predicted octanol–water partition coefficient (Wildman–Crippen LogP) is 3.51. The van der Waals surface area contributed by atoms with Crippen LogP contribution in [-0.4, -0.2) is 30.7 Å². The molecule has 2 atom stereocenters. The topological polar surface area (TPSA) is 64.6 Å². The molecule has 0 saturated heterocycles. The Labute approximate surface area is 130 Å². The summed E-state index contributed by atoms with van der Waals surface area (Å²) in [5, 5.41) is 2.84. The Kier molecular flexibility index (Phi) is 7.29. The Balaban J connectivity index is 2.59. The predicted molar refractivity (Wildman–Crippen MR) is 86.9 cm³/mol. The fourth-order valence-electron chi connectivity index (χ4n) is 1.50. The molecule has 0 spiro atoms. The molecule has 0 aliphatic carbocycles. The number of carbonyl (C=O) groups is 1. The van der Waals surface area contributed by atoms with Crippen LogP contribution in [0.15, 0.2) is 30.3 Å². The number of para-hydroxylation sites is 1. The van der Waals surface area contributed by atoms with Gasteiger partial charge in [-0.05, 0) is 39.2 Å². The standard InChI is InChI=1S/C14H22NO4PS/c1-11(2)19-14(16)12(3)15-20(17,21-4)10-18-13-8-6-5-7-9-13/h5-9,11-12H,10H2,1-4H3,(H,15,17). The van der Waals surface area contributed by atoms with Gasteiger partial charge in [-0.1, -0.05) is 29.6 Å². The molecule has 5 nitrogen and oxygen atoms in total. The molecule has 0 aliphatic rings. The molecule has 0 radical (unpaired) electrons. The van der Waals surface area contributed by atoms with E-state index in [0.717, 1.165) is 0 Å². The van der Waals surface area contributed by atoms with Crippen molar-refractivity contribution in [2.24, 2.45) is 0 Å². The van der Waals surface area contributed by atoms with E-state index in [9.17, 15) is 9.36 Å². The zero-order chi connectivity index (χ0) is 15.9. The number of nitrogens with one attached hydrogen (secondary N) is 1. The van der Waals surface area contributed by atoms with E-state index in [4.69, 9.17) is 9.47 Å². The quantitative estimate of drug-likeness (QED) is 0.581. The molecule has 0 amide bonds. The highest BCUT2D eigenvalue weighted by atomic mass is 32.7. The smallest absolute Gasteiger partial charge is 0.323 e. The third-order valence-corrected chi connectivity index (χ3v) is 6.78. The van der Waals surface area contributed by atoms with Crippen LogP contribution in [0.4, 0.5) is 0 Å². The van der Waals surface area contributed by atoms with Crippen molar-refractivity contribution >= 4 is 23.8 Å². The summed E-state index contributed by atoms with van der Waals surface area (Å²) in [5.41, 5.74) is 0. The van der Waals surface area contributed by atoms with E-state index in [1.165, 1.54) is 11.4 Å². The third kappa shape index (κ3) is 6.55. The van der Waals surface area contributed by atoms with Crippen molar-refractivity contribution in [2.45, 2.75) is 32.9 Å². The molecule has 0 heterocycles. The van der Waals surface area contributed by atoms with Crippen LogP contribution in [0, 0.1) is 0 Å². The Morgan fingerprint density at radius 1 is 1.29 bits per heavy atom. The van der Waals surface area contributed by atoms with Crippen LogP contribution in [0.1, 0.15) is 20.8 Å². The molecule has 1 rings (SSSR count). The molecule has 0 fully saturated rings. The maximum absolute atomic E-state index is 12.7. The lowest BCUT2D eigenvalue weighted by Gasteiger charge is -2.22. The summed E-state index contributed by atoms with van der Waals surface area (Å²) in [4.78, 5) is 11.8. The van der Waals surface area contributed by atoms with Crippen LogP contribution < -0.4 is 9.82 Å². The van der Waals surface area contributed by atoms with Crippen molar-refractivity contribution < 1.29 is 18.8 Å². The van der Waals surface area contributed by atoms with Crippen LogP contribution in [0.25, 0.3) is 0 Å². The molecule has 1 N–H and O–H groups in total. The maximum atomic E-state index is 12.7. The van der Waals surface area contributed by atoms with Gasteiger partial charge in [0.25, 0.3) is 0 Å². The van der Waals surface area contributed by atoms with Gasteiger partial charge in [0.05, 0.1) is 6.10 Å². The molecule has 0 aliphatic heterocycles. The molecule has 21 heavy (non-hydrogen) atoms. The Morgan fingerprint density at radius 2 is 1.90 bits per heavy atom. The number of hydrogen-bond acceptors (Lipinski definition) is 5. The van der Waals surface area contributed by atoms with Gasteiger partial charge in [-0.15, -0.1) is 0 Å². The summed E-state index contributed by atoms with van der Waals surface area (Å²) < 4.78 is 23.3. The lowest BCUT2D eigenvalue weighted by molar-refractivity contribution is -0.148. The monoisotopic (exact) mass is 331 g/mol.